The van der Waals surface area contributed by atoms with Crippen LogP contribution in [0, 0.1) is 6.92 Å². The van der Waals surface area contributed by atoms with Gasteiger partial charge >= 0.3 is 0 Å². The van der Waals surface area contributed by atoms with E-state index in [0.29, 0.717) is 30.3 Å². The lowest BCUT2D eigenvalue weighted by Gasteiger charge is -2.25. The van der Waals surface area contributed by atoms with Gasteiger partial charge in [-0.05, 0) is 25.0 Å². The van der Waals surface area contributed by atoms with Gasteiger partial charge in [-0.3, -0.25) is 0 Å². The van der Waals surface area contributed by atoms with Gasteiger partial charge in [0.1, 0.15) is 12.4 Å². The van der Waals surface area contributed by atoms with Crippen molar-refractivity contribution in [3.05, 3.63) is 30.2 Å². The zero-order valence-corrected chi connectivity index (χ0v) is 12.1. The van der Waals surface area contributed by atoms with Crippen LogP contribution in [0.1, 0.15) is 32.6 Å². The molecule has 1 aromatic carbocycles. The van der Waals surface area contributed by atoms with E-state index in [9.17, 15) is 5.11 Å². The minimum atomic E-state index is -0.779. The second kappa shape index (κ2) is 6.05. The Labute approximate surface area is 118 Å². The summed E-state index contributed by atoms with van der Waals surface area (Å²) < 4.78 is 10.7. The summed E-state index contributed by atoms with van der Waals surface area (Å²) in [5, 5.41) is 14.1. The van der Waals surface area contributed by atoms with Gasteiger partial charge in [0.05, 0.1) is 5.60 Å². The molecule has 1 N–H and O–H groups in total. The monoisotopic (exact) mass is 276 g/mol. The second-order valence-corrected chi connectivity index (χ2v) is 4.88. The molecule has 1 heterocycles. The lowest BCUT2D eigenvalue weighted by atomic mass is 9.99. The predicted molar refractivity (Wildman–Crippen MR) is 75.5 cm³/mol. The smallest absolute Gasteiger partial charge is 0.223 e. The molecular weight excluding hydrogens is 256 g/mol. The fraction of sp³-hybridized carbons (Fsp3) is 0.467. The highest BCUT2D eigenvalue weighted by atomic mass is 16.5. The largest absolute Gasteiger partial charge is 0.491 e. The Kier molecular flexibility index (Phi) is 4.39. The maximum absolute atomic E-state index is 10.2. The zero-order chi connectivity index (χ0) is 14.6. The van der Waals surface area contributed by atoms with Gasteiger partial charge in [0, 0.05) is 12.5 Å². The van der Waals surface area contributed by atoms with E-state index < -0.39 is 5.60 Å². The Morgan fingerprint density at radius 1 is 1.30 bits per heavy atom. The van der Waals surface area contributed by atoms with E-state index in [1.807, 2.05) is 38.1 Å². The summed E-state index contributed by atoms with van der Waals surface area (Å²) in [6.07, 6.45) is 1.32. The molecule has 0 spiro atoms. The fourth-order valence-corrected chi connectivity index (χ4v) is 1.81. The molecule has 108 valence electrons. The van der Waals surface area contributed by atoms with E-state index in [-0.39, 0.29) is 6.61 Å². The van der Waals surface area contributed by atoms with Gasteiger partial charge in [-0.2, -0.15) is 4.98 Å². The first-order valence-electron chi connectivity index (χ1n) is 6.82. The van der Waals surface area contributed by atoms with Gasteiger partial charge in [0.15, 0.2) is 0 Å². The third-order valence-electron chi connectivity index (χ3n) is 3.44. The van der Waals surface area contributed by atoms with Crippen molar-refractivity contribution in [2.45, 2.75) is 39.2 Å². The van der Waals surface area contributed by atoms with Crippen LogP contribution in [0.4, 0.5) is 0 Å². The Balaban J connectivity index is 2.10. The second-order valence-electron chi connectivity index (χ2n) is 4.88. The molecule has 0 saturated heterocycles. The number of nitrogens with zero attached hydrogens (tertiary/aromatic N) is 2. The highest BCUT2D eigenvalue weighted by molar-refractivity contribution is 5.56. The molecule has 1 aromatic heterocycles. The molecule has 2 aromatic rings. The molecule has 20 heavy (non-hydrogen) atoms. The molecule has 0 amide bonds. The summed E-state index contributed by atoms with van der Waals surface area (Å²) in [6.45, 7) is 5.92. The SMILES string of the molecule is CCC(O)(CC)COc1cccc(-c2noc(C)n2)c1. The molecular formula is C15H20N2O3. The fourth-order valence-electron chi connectivity index (χ4n) is 1.81. The van der Waals surface area contributed by atoms with Gasteiger partial charge in [0.2, 0.25) is 11.7 Å². The van der Waals surface area contributed by atoms with Crippen LogP contribution in [0.5, 0.6) is 5.75 Å². The van der Waals surface area contributed by atoms with E-state index in [4.69, 9.17) is 9.26 Å². The molecule has 0 saturated carbocycles. The van der Waals surface area contributed by atoms with Crippen molar-refractivity contribution in [1.29, 1.82) is 0 Å². The molecule has 0 aliphatic carbocycles. The van der Waals surface area contributed by atoms with Gasteiger partial charge in [0.25, 0.3) is 0 Å². The molecule has 0 aliphatic heterocycles. The van der Waals surface area contributed by atoms with Crippen LogP contribution in [0.2, 0.25) is 0 Å². The summed E-state index contributed by atoms with van der Waals surface area (Å²) in [5.74, 6) is 1.75. The molecule has 5 nitrogen and oxygen atoms in total. The molecule has 0 atom stereocenters. The van der Waals surface area contributed by atoms with Crippen molar-refractivity contribution in [3.63, 3.8) is 0 Å². The quantitative estimate of drug-likeness (QED) is 0.878. The third-order valence-corrected chi connectivity index (χ3v) is 3.44. The molecule has 0 radical (unpaired) electrons. The molecule has 2 rings (SSSR count). The lowest BCUT2D eigenvalue weighted by Crippen LogP contribution is -2.34. The average molecular weight is 276 g/mol. The predicted octanol–water partition coefficient (Wildman–Crippen LogP) is 2.97. The first-order chi connectivity index (χ1) is 9.56. The summed E-state index contributed by atoms with van der Waals surface area (Å²) in [4.78, 5) is 4.18. The Bertz CT molecular complexity index is 562. The average Bonchev–Trinajstić information content (AvgIpc) is 2.92. The zero-order valence-electron chi connectivity index (χ0n) is 12.1. The third kappa shape index (κ3) is 3.36. The maximum Gasteiger partial charge on any atom is 0.223 e. The Morgan fingerprint density at radius 2 is 2.05 bits per heavy atom. The number of aliphatic hydroxyl groups is 1. The van der Waals surface area contributed by atoms with E-state index >= 15 is 0 Å². The first kappa shape index (κ1) is 14.5. The number of aryl methyl sites for hydroxylation is 1. The Morgan fingerprint density at radius 3 is 2.65 bits per heavy atom. The van der Waals surface area contributed by atoms with Crippen LogP contribution in [0.15, 0.2) is 28.8 Å². The van der Waals surface area contributed by atoms with Crippen molar-refractivity contribution < 1.29 is 14.4 Å². The number of benzene rings is 1. The van der Waals surface area contributed by atoms with E-state index in [2.05, 4.69) is 10.1 Å². The van der Waals surface area contributed by atoms with E-state index in [0.717, 1.165) is 5.56 Å². The van der Waals surface area contributed by atoms with Crippen molar-refractivity contribution >= 4 is 0 Å². The molecule has 0 bridgehead atoms. The maximum atomic E-state index is 10.2. The van der Waals surface area contributed by atoms with Gasteiger partial charge in [-0.1, -0.05) is 31.1 Å². The minimum absolute atomic E-state index is 0.273. The van der Waals surface area contributed by atoms with Gasteiger partial charge in [-0.25, -0.2) is 0 Å². The molecule has 5 heteroatoms. The summed E-state index contributed by atoms with van der Waals surface area (Å²) in [6, 6.07) is 7.45. The van der Waals surface area contributed by atoms with E-state index in [1.165, 1.54) is 0 Å². The number of hydrogen-bond donors (Lipinski definition) is 1. The van der Waals surface area contributed by atoms with E-state index in [1.54, 1.807) is 6.92 Å². The van der Waals surface area contributed by atoms with Crippen molar-refractivity contribution in [1.82, 2.24) is 10.1 Å². The molecule has 0 aliphatic rings. The van der Waals surface area contributed by atoms with Crippen molar-refractivity contribution in [3.8, 4) is 17.1 Å². The van der Waals surface area contributed by atoms with Crippen LogP contribution in [-0.2, 0) is 0 Å². The number of aromatic nitrogens is 2. The first-order valence-corrected chi connectivity index (χ1v) is 6.82. The van der Waals surface area contributed by atoms with Crippen LogP contribution in [0.3, 0.4) is 0 Å². The Hall–Kier alpha value is -1.88. The van der Waals surface area contributed by atoms with Crippen molar-refractivity contribution in [2.24, 2.45) is 0 Å². The summed E-state index contributed by atoms with van der Waals surface area (Å²) in [5.41, 5.74) is 0.0505. The number of hydrogen-bond acceptors (Lipinski definition) is 5. The highest BCUT2D eigenvalue weighted by Crippen LogP contribution is 2.23. The van der Waals surface area contributed by atoms with Crippen LogP contribution < -0.4 is 4.74 Å². The minimum Gasteiger partial charge on any atom is -0.491 e. The lowest BCUT2D eigenvalue weighted by molar-refractivity contribution is -0.0113. The highest BCUT2D eigenvalue weighted by Gasteiger charge is 2.23. The van der Waals surface area contributed by atoms with Crippen LogP contribution in [-0.4, -0.2) is 27.5 Å². The van der Waals surface area contributed by atoms with Crippen LogP contribution in [0.25, 0.3) is 11.4 Å². The molecule has 0 fully saturated rings. The van der Waals surface area contributed by atoms with Gasteiger partial charge in [-0.15, -0.1) is 0 Å². The molecule has 0 unspecified atom stereocenters. The standard InChI is InChI=1S/C15H20N2O3/c1-4-15(18,5-2)10-19-13-8-6-7-12(9-13)14-16-11(3)20-17-14/h6-9,18H,4-5,10H2,1-3H3. The number of ether oxygens (including phenoxy) is 1. The normalized spacial score (nSPS) is 11.6. The van der Waals surface area contributed by atoms with Crippen molar-refractivity contribution in [2.75, 3.05) is 6.61 Å². The summed E-state index contributed by atoms with van der Waals surface area (Å²) >= 11 is 0. The topological polar surface area (TPSA) is 68.4 Å². The van der Waals surface area contributed by atoms with Gasteiger partial charge < -0.3 is 14.4 Å². The number of rotatable bonds is 6. The van der Waals surface area contributed by atoms with Crippen LogP contribution >= 0.6 is 0 Å². The summed E-state index contributed by atoms with van der Waals surface area (Å²) in [7, 11) is 0.